The average Bonchev–Trinajstić information content (AvgIpc) is 2.45. The Bertz CT molecular complexity index is 417. The van der Waals surface area contributed by atoms with E-state index in [2.05, 4.69) is 53.9 Å². The normalized spacial score (nSPS) is 19.9. The van der Waals surface area contributed by atoms with E-state index in [1.165, 1.54) is 19.3 Å². The SMILES string of the molecule is CC(C)NCC1CCCCN1c1cc(C(C)C)ncn1. The minimum atomic E-state index is 0.453. The first-order chi connectivity index (χ1) is 9.58. The largest absolute Gasteiger partial charge is 0.352 e. The van der Waals surface area contributed by atoms with E-state index >= 15 is 0 Å². The van der Waals surface area contributed by atoms with Crippen LogP contribution in [0.25, 0.3) is 0 Å². The Morgan fingerprint density at radius 2 is 2.05 bits per heavy atom. The predicted octanol–water partition coefficient (Wildman–Crippen LogP) is 2.96. The first-order valence-corrected chi connectivity index (χ1v) is 7.90. The molecule has 4 nitrogen and oxygen atoms in total. The highest BCUT2D eigenvalue weighted by Crippen LogP contribution is 2.24. The van der Waals surface area contributed by atoms with Crippen molar-refractivity contribution >= 4 is 5.82 Å². The second kappa shape index (κ2) is 7.02. The van der Waals surface area contributed by atoms with Crippen molar-refractivity contribution in [1.29, 1.82) is 0 Å². The highest BCUT2D eigenvalue weighted by atomic mass is 15.2. The van der Waals surface area contributed by atoms with E-state index in [9.17, 15) is 0 Å². The average molecular weight is 276 g/mol. The molecule has 2 rings (SSSR count). The van der Waals surface area contributed by atoms with Crippen molar-refractivity contribution in [2.24, 2.45) is 0 Å². The van der Waals surface area contributed by atoms with Crippen LogP contribution < -0.4 is 10.2 Å². The smallest absolute Gasteiger partial charge is 0.132 e. The fourth-order valence-corrected chi connectivity index (χ4v) is 2.72. The van der Waals surface area contributed by atoms with Crippen LogP contribution in [0, 0.1) is 0 Å². The third-order valence-electron chi connectivity index (χ3n) is 3.95. The molecule has 1 unspecified atom stereocenters. The molecule has 1 fully saturated rings. The van der Waals surface area contributed by atoms with Crippen LogP contribution in [-0.2, 0) is 0 Å². The van der Waals surface area contributed by atoms with Crippen molar-refractivity contribution in [1.82, 2.24) is 15.3 Å². The molecule has 20 heavy (non-hydrogen) atoms. The molecule has 0 amide bonds. The van der Waals surface area contributed by atoms with Crippen LogP contribution in [0.4, 0.5) is 5.82 Å². The van der Waals surface area contributed by atoms with E-state index in [1.807, 2.05) is 0 Å². The lowest BCUT2D eigenvalue weighted by atomic mass is 10.0. The molecular weight excluding hydrogens is 248 g/mol. The van der Waals surface area contributed by atoms with Gasteiger partial charge in [-0.05, 0) is 25.2 Å². The molecule has 0 spiro atoms. The molecule has 0 aromatic carbocycles. The predicted molar refractivity (Wildman–Crippen MR) is 84.2 cm³/mol. The summed E-state index contributed by atoms with van der Waals surface area (Å²) in [7, 11) is 0. The van der Waals surface area contributed by atoms with Crippen molar-refractivity contribution < 1.29 is 0 Å². The van der Waals surface area contributed by atoms with Gasteiger partial charge in [0.25, 0.3) is 0 Å². The molecule has 1 aliphatic heterocycles. The molecule has 1 aromatic rings. The molecule has 0 radical (unpaired) electrons. The summed E-state index contributed by atoms with van der Waals surface area (Å²) in [6, 6.07) is 3.26. The van der Waals surface area contributed by atoms with Gasteiger partial charge < -0.3 is 10.2 Å². The van der Waals surface area contributed by atoms with Gasteiger partial charge in [-0.2, -0.15) is 0 Å². The summed E-state index contributed by atoms with van der Waals surface area (Å²) in [5.74, 6) is 1.55. The van der Waals surface area contributed by atoms with Gasteiger partial charge in [-0.1, -0.05) is 27.7 Å². The van der Waals surface area contributed by atoms with Crippen LogP contribution in [0.5, 0.6) is 0 Å². The molecule has 1 aromatic heterocycles. The summed E-state index contributed by atoms with van der Waals surface area (Å²) in [4.78, 5) is 11.4. The lowest BCUT2D eigenvalue weighted by molar-refractivity contribution is 0.418. The Morgan fingerprint density at radius 1 is 1.25 bits per heavy atom. The number of rotatable bonds is 5. The topological polar surface area (TPSA) is 41.0 Å². The summed E-state index contributed by atoms with van der Waals surface area (Å²) in [5, 5.41) is 3.57. The number of nitrogens with zero attached hydrogens (tertiary/aromatic N) is 3. The monoisotopic (exact) mass is 276 g/mol. The van der Waals surface area contributed by atoms with E-state index in [0.29, 0.717) is 18.0 Å². The second-order valence-electron chi connectivity index (χ2n) is 6.36. The molecule has 1 N–H and O–H groups in total. The maximum Gasteiger partial charge on any atom is 0.132 e. The van der Waals surface area contributed by atoms with Crippen LogP contribution in [0.15, 0.2) is 12.4 Å². The van der Waals surface area contributed by atoms with Gasteiger partial charge in [0.05, 0.1) is 0 Å². The van der Waals surface area contributed by atoms with Crippen LogP contribution >= 0.6 is 0 Å². The molecular formula is C16H28N4. The van der Waals surface area contributed by atoms with Gasteiger partial charge in [0.15, 0.2) is 0 Å². The summed E-state index contributed by atoms with van der Waals surface area (Å²) in [6.07, 6.45) is 5.55. The number of anilines is 1. The van der Waals surface area contributed by atoms with Crippen LogP contribution in [0.1, 0.15) is 58.6 Å². The molecule has 112 valence electrons. The van der Waals surface area contributed by atoms with Gasteiger partial charge >= 0.3 is 0 Å². The fraction of sp³-hybridized carbons (Fsp3) is 0.750. The Morgan fingerprint density at radius 3 is 2.75 bits per heavy atom. The van der Waals surface area contributed by atoms with E-state index in [1.54, 1.807) is 6.33 Å². The van der Waals surface area contributed by atoms with Gasteiger partial charge in [0, 0.05) is 36.9 Å². The lowest BCUT2D eigenvalue weighted by Gasteiger charge is -2.37. The number of nitrogens with one attached hydrogen (secondary N) is 1. The standard InChI is InChI=1S/C16H28N4/c1-12(2)15-9-16(19-11-18-15)20-8-6-5-7-14(20)10-17-13(3)4/h9,11-14,17H,5-8,10H2,1-4H3. The summed E-state index contributed by atoms with van der Waals surface area (Å²) in [5.41, 5.74) is 1.14. The summed E-state index contributed by atoms with van der Waals surface area (Å²) in [6.45, 7) is 10.9. The van der Waals surface area contributed by atoms with Gasteiger partial charge in [-0.15, -0.1) is 0 Å². The van der Waals surface area contributed by atoms with Crippen LogP contribution in [0.3, 0.4) is 0 Å². The molecule has 1 atom stereocenters. The minimum Gasteiger partial charge on any atom is -0.352 e. The van der Waals surface area contributed by atoms with Gasteiger partial charge in [-0.3, -0.25) is 0 Å². The van der Waals surface area contributed by atoms with Crippen molar-refractivity contribution in [3.05, 3.63) is 18.1 Å². The van der Waals surface area contributed by atoms with Gasteiger partial charge in [0.1, 0.15) is 12.1 Å². The van der Waals surface area contributed by atoms with E-state index in [4.69, 9.17) is 0 Å². The van der Waals surface area contributed by atoms with E-state index < -0.39 is 0 Å². The van der Waals surface area contributed by atoms with Gasteiger partial charge in [0.2, 0.25) is 0 Å². The second-order valence-corrected chi connectivity index (χ2v) is 6.36. The molecule has 0 aliphatic carbocycles. The van der Waals surface area contributed by atoms with Crippen molar-refractivity contribution in [2.75, 3.05) is 18.0 Å². The molecule has 4 heteroatoms. The Kier molecular flexibility index (Phi) is 5.35. The number of aromatic nitrogens is 2. The zero-order valence-corrected chi connectivity index (χ0v) is 13.3. The maximum atomic E-state index is 4.51. The third kappa shape index (κ3) is 3.92. The maximum absolute atomic E-state index is 4.51. The highest BCUT2D eigenvalue weighted by molar-refractivity contribution is 5.41. The van der Waals surface area contributed by atoms with Crippen LogP contribution in [-0.4, -0.2) is 35.1 Å². The quantitative estimate of drug-likeness (QED) is 0.897. The van der Waals surface area contributed by atoms with Crippen molar-refractivity contribution in [3.8, 4) is 0 Å². The molecule has 2 heterocycles. The molecule has 0 saturated carbocycles. The fourth-order valence-electron chi connectivity index (χ4n) is 2.72. The highest BCUT2D eigenvalue weighted by Gasteiger charge is 2.24. The van der Waals surface area contributed by atoms with Crippen LogP contribution in [0.2, 0.25) is 0 Å². The van der Waals surface area contributed by atoms with Gasteiger partial charge in [-0.25, -0.2) is 9.97 Å². The molecule has 1 saturated heterocycles. The molecule has 0 bridgehead atoms. The lowest BCUT2D eigenvalue weighted by Crippen LogP contribution is -2.47. The Labute approximate surface area is 123 Å². The number of hydrogen-bond acceptors (Lipinski definition) is 4. The first kappa shape index (κ1) is 15.2. The van der Waals surface area contributed by atoms with E-state index in [0.717, 1.165) is 24.6 Å². The molecule has 1 aliphatic rings. The third-order valence-corrected chi connectivity index (χ3v) is 3.95. The number of piperidine rings is 1. The van der Waals surface area contributed by atoms with E-state index in [-0.39, 0.29) is 0 Å². The minimum absolute atomic E-state index is 0.453. The Balaban J connectivity index is 2.12. The Hall–Kier alpha value is -1.16. The number of hydrogen-bond donors (Lipinski definition) is 1. The van der Waals surface area contributed by atoms with Crippen molar-refractivity contribution in [3.63, 3.8) is 0 Å². The first-order valence-electron chi connectivity index (χ1n) is 7.90. The zero-order valence-electron chi connectivity index (χ0n) is 13.3. The van der Waals surface area contributed by atoms with Crippen molar-refractivity contribution in [2.45, 2.75) is 65.0 Å². The zero-order chi connectivity index (χ0) is 14.5. The summed E-state index contributed by atoms with van der Waals surface area (Å²) >= 11 is 0. The summed E-state index contributed by atoms with van der Waals surface area (Å²) < 4.78 is 0.